The van der Waals surface area contributed by atoms with E-state index in [4.69, 9.17) is 4.74 Å². The van der Waals surface area contributed by atoms with Gasteiger partial charge < -0.3 is 19.2 Å². The van der Waals surface area contributed by atoms with Crippen LogP contribution < -0.4 is 11.1 Å². The molecule has 0 saturated carbocycles. The number of hydrogen-bond acceptors (Lipinski definition) is 4. The van der Waals surface area contributed by atoms with E-state index in [0.29, 0.717) is 24.0 Å². The molecule has 0 aliphatic rings. The number of nitrogens with zero attached hydrogens (tertiary/aromatic N) is 2. The van der Waals surface area contributed by atoms with Crippen molar-refractivity contribution in [2.75, 3.05) is 20.7 Å². The van der Waals surface area contributed by atoms with Crippen LogP contribution in [0.1, 0.15) is 6.42 Å². The Labute approximate surface area is 120 Å². The van der Waals surface area contributed by atoms with Crippen molar-refractivity contribution in [1.82, 2.24) is 14.5 Å². The van der Waals surface area contributed by atoms with Crippen LogP contribution in [0.25, 0.3) is 11.0 Å². The summed E-state index contributed by atoms with van der Waals surface area (Å²) in [7, 11) is 3.19. The Morgan fingerprint density at radius 3 is 2.71 bits per heavy atom. The van der Waals surface area contributed by atoms with Gasteiger partial charge in [0.1, 0.15) is 0 Å². The normalized spacial score (nSPS) is 10.6. The van der Waals surface area contributed by atoms with E-state index in [1.165, 1.54) is 9.47 Å². The fraction of sp³-hybridized carbons (Fsp3) is 0.357. The van der Waals surface area contributed by atoms with Gasteiger partial charge in [0.05, 0.1) is 17.6 Å². The summed E-state index contributed by atoms with van der Waals surface area (Å²) in [6.07, 6.45) is 0.0190. The van der Waals surface area contributed by atoms with E-state index in [2.05, 4.69) is 4.98 Å². The fourth-order valence-corrected chi connectivity index (χ4v) is 1.96. The molecule has 0 saturated heterocycles. The van der Waals surface area contributed by atoms with E-state index >= 15 is 0 Å². The van der Waals surface area contributed by atoms with Crippen molar-refractivity contribution in [3.8, 4) is 0 Å². The molecule has 0 spiro atoms. The molecule has 2 aromatic rings. The Morgan fingerprint density at radius 2 is 2.00 bits per heavy atom. The average Bonchev–Trinajstić information content (AvgIpc) is 2.46. The predicted octanol–water partition coefficient (Wildman–Crippen LogP) is 0.778. The van der Waals surface area contributed by atoms with Crippen LogP contribution in [0.3, 0.4) is 0 Å². The van der Waals surface area contributed by atoms with Crippen LogP contribution in [0, 0.1) is 0 Å². The molecule has 0 fully saturated rings. The van der Waals surface area contributed by atoms with Crippen molar-refractivity contribution in [2.45, 2.75) is 13.0 Å². The van der Waals surface area contributed by atoms with Crippen molar-refractivity contribution in [3.05, 3.63) is 45.0 Å². The number of rotatable bonds is 4. The van der Waals surface area contributed by atoms with Crippen molar-refractivity contribution >= 4 is 17.1 Å². The number of nitrogens with one attached hydrogen (secondary N) is 1. The van der Waals surface area contributed by atoms with Crippen molar-refractivity contribution in [3.63, 3.8) is 0 Å². The number of aromatic amines is 1. The summed E-state index contributed by atoms with van der Waals surface area (Å²) in [6.45, 7) is 0.495. The molecule has 2 rings (SSSR count). The van der Waals surface area contributed by atoms with E-state index in [1.54, 1.807) is 38.4 Å². The number of aryl methyl sites for hydroxylation is 1. The molecule has 0 aliphatic carbocycles. The number of fused-ring (bicyclic) bond motifs is 1. The Bertz CT molecular complexity index is 761. The Morgan fingerprint density at radius 1 is 1.29 bits per heavy atom. The number of ether oxygens (including phenoxy) is 1. The molecule has 0 radical (unpaired) electrons. The standard InChI is InChI=1S/C14H17N3O4/c1-16(2)14(20)21-9-5-8-17-11-7-4-3-6-10(11)15-12(18)13(17)19/h3-4,6-7H,5,8-9H2,1-2H3,(H,15,18). The number of hydrogen-bond donors (Lipinski definition) is 1. The minimum Gasteiger partial charge on any atom is -0.449 e. The monoisotopic (exact) mass is 291 g/mol. The van der Waals surface area contributed by atoms with Crippen LogP contribution in [-0.2, 0) is 11.3 Å². The van der Waals surface area contributed by atoms with Crippen LogP contribution in [0.2, 0.25) is 0 Å². The van der Waals surface area contributed by atoms with Gasteiger partial charge in [-0.2, -0.15) is 0 Å². The topological polar surface area (TPSA) is 84.4 Å². The highest BCUT2D eigenvalue weighted by atomic mass is 16.6. The maximum Gasteiger partial charge on any atom is 0.409 e. The van der Waals surface area contributed by atoms with Crippen LogP contribution in [-0.4, -0.2) is 41.2 Å². The highest BCUT2D eigenvalue weighted by Crippen LogP contribution is 2.07. The van der Waals surface area contributed by atoms with Crippen LogP contribution in [0.15, 0.2) is 33.9 Å². The molecule has 1 amide bonds. The van der Waals surface area contributed by atoms with Crippen LogP contribution in [0.5, 0.6) is 0 Å². The molecule has 1 aromatic heterocycles. The first-order chi connectivity index (χ1) is 10.0. The summed E-state index contributed by atoms with van der Waals surface area (Å²) < 4.78 is 6.39. The third kappa shape index (κ3) is 3.31. The first-order valence-corrected chi connectivity index (χ1v) is 6.56. The molecule has 1 N–H and O–H groups in total. The first-order valence-electron chi connectivity index (χ1n) is 6.56. The van der Waals surface area contributed by atoms with Gasteiger partial charge in [0, 0.05) is 20.6 Å². The number of carbonyl (C=O) groups excluding carboxylic acids is 1. The van der Waals surface area contributed by atoms with Crippen molar-refractivity contribution < 1.29 is 9.53 Å². The van der Waals surface area contributed by atoms with Gasteiger partial charge in [0.25, 0.3) is 0 Å². The zero-order valence-electron chi connectivity index (χ0n) is 12.0. The van der Waals surface area contributed by atoms with E-state index in [0.717, 1.165) is 0 Å². The van der Waals surface area contributed by atoms with Gasteiger partial charge in [-0.15, -0.1) is 0 Å². The Hall–Kier alpha value is -2.57. The number of aromatic nitrogens is 2. The summed E-state index contributed by atoms with van der Waals surface area (Å²) in [5.74, 6) is 0. The molecule has 1 heterocycles. The van der Waals surface area contributed by atoms with Crippen molar-refractivity contribution in [1.29, 1.82) is 0 Å². The number of H-pyrrole nitrogens is 1. The van der Waals surface area contributed by atoms with Gasteiger partial charge in [0.2, 0.25) is 0 Å². The zero-order valence-corrected chi connectivity index (χ0v) is 12.0. The average molecular weight is 291 g/mol. The second kappa shape index (κ2) is 6.25. The minimum absolute atomic E-state index is 0.185. The van der Waals surface area contributed by atoms with E-state index in [1.807, 2.05) is 0 Å². The summed E-state index contributed by atoms with van der Waals surface area (Å²) in [5, 5.41) is 0. The molecule has 7 nitrogen and oxygen atoms in total. The molecule has 0 aliphatic heterocycles. The molecule has 0 bridgehead atoms. The smallest absolute Gasteiger partial charge is 0.409 e. The second-order valence-corrected chi connectivity index (χ2v) is 4.79. The summed E-state index contributed by atoms with van der Waals surface area (Å²) in [6, 6.07) is 7.08. The lowest BCUT2D eigenvalue weighted by atomic mass is 10.3. The van der Waals surface area contributed by atoms with Gasteiger partial charge in [-0.05, 0) is 18.6 Å². The summed E-state index contributed by atoms with van der Waals surface area (Å²) >= 11 is 0. The molecule has 0 unspecified atom stereocenters. The minimum atomic E-state index is -0.654. The molecule has 7 heteroatoms. The molecular formula is C14H17N3O4. The number of amides is 1. The predicted molar refractivity (Wildman–Crippen MR) is 78.5 cm³/mol. The van der Waals surface area contributed by atoms with Gasteiger partial charge in [0.15, 0.2) is 0 Å². The van der Waals surface area contributed by atoms with E-state index in [9.17, 15) is 14.4 Å². The lowest BCUT2D eigenvalue weighted by Gasteiger charge is -2.12. The third-order valence-electron chi connectivity index (χ3n) is 3.00. The molecule has 112 valence electrons. The largest absolute Gasteiger partial charge is 0.449 e. The van der Waals surface area contributed by atoms with Crippen LogP contribution in [0.4, 0.5) is 4.79 Å². The first kappa shape index (κ1) is 14.8. The molecular weight excluding hydrogens is 274 g/mol. The number of para-hydroxylation sites is 2. The lowest BCUT2D eigenvalue weighted by Crippen LogP contribution is -2.36. The quantitative estimate of drug-likeness (QED) is 0.666. The molecule has 0 atom stereocenters. The van der Waals surface area contributed by atoms with Gasteiger partial charge in [-0.1, -0.05) is 12.1 Å². The highest BCUT2D eigenvalue weighted by molar-refractivity contribution is 5.74. The lowest BCUT2D eigenvalue weighted by molar-refractivity contribution is 0.116. The van der Waals surface area contributed by atoms with Gasteiger partial charge in [-0.25, -0.2) is 4.79 Å². The number of benzene rings is 1. The third-order valence-corrected chi connectivity index (χ3v) is 3.00. The fourth-order valence-electron chi connectivity index (χ4n) is 1.96. The van der Waals surface area contributed by atoms with Crippen LogP contribution >= 0.6 is 0 Å². The van der Waals surface area contributed by atoms with Crippen molar-refractivity contribution in [2.24, 2.45) is 0 Å². The number of carbonyl (C=O) groups is 1. The Balaban J connectivity index is 2.15. The van der Waals surface area contributed by atoms with E-state index < -0.39 is 17.2 Å². The van der Waals surface area contributed by atoms with Gasteiger partial charge >= 0.3 is 17.2 Å². The maximum atomic E-state index is 11.9. The highest BCUT2D eigenvalue weighted by Gasteiger charge is 2.08. The Kier molecular flexibility index (Phi) is 4.42. The maximum absolute atomic E-state index is 11.9. The summed E-state index contributed by atoms with van der Waals surface area (Å²) in [4.78, 5) is 38.7. The zero-order chi connectivity index (χ0) is 15.4. The molecule has 1 aromatic carbocycles. The second-order valence-electron chi connectivity index (χ2n) is 4.79. The SMILES string of the molecule is CN(C)C(=O)OCCCn1c(=O)c(=O)[nH]c2ccccc21. The van der Waals surface area contributed by atoms with E-state index in [-0.39, 0.29) is 6.61 Å². The molecule has 21 heavy (non-hydrogen) atoms. The van der Waals surface area contributed by atoms with Gasteiger partial charge in [-0.3, -0.25) is 9.59 Å². The summed E-state index contributed by atoms with van der Waals surface area (Å²) in [5.41, 5.74) is 0.0000415.